The second-order valence-electron chi connectivity index (χ2n) is 3.01. The Kier molecular flexibility index (Phi) is 3.72. The molecule has 5 nitrogen and oxygen atoms in total. The van der Waals surface area contributed by atoms with Crippen molar-refractivity contribution in [3.8, 4) is 5.75 Å². The van der Waals surface area contributed by atoms with Crippen molar-refractivity contribution in [2.45, 2.75) is 6.61 Å². The molecule has 0 atom stereocenters. The van der Waals surface area contributed by atoms with Gasteiger partial charge in [0.15, 0.2) is 5.01 Å². The van der Waals surface area contributed by atoms with Gasteiger partial charge >= 0.3 is 0 Å². The number of hydrogen-bond donors (Lipinski definition) is 2. The fraction of sp³-hybridized carbons (Fsp3) is 0.111. The topological polar surface area (TPSA) is 73.1 Å². The highest BCUT2D eigenvalue weighted by molar-refractivity contribution is 7.15. The SMILES string of the molecule is NNc1nnc(COc2ccc(Cl)c(F)c2)s1. The van der Waals surface area contributed by atoms with Crippen LogP contribution in [-0.4, -0.2) is 10.2 Å². The molecule has 2 rings (SSSR count). The Morgan fingerprint density at radius 2 is 2.29 bits per heavy atom. The summed E-state index contributed by atoms with van der Waals surface area (Å²) in [5, 5.41) is 8.74. The average Bonchev–Trinajstić information content (AvgIpc) is 2.79. The van der Waals surface area contributed by atoms with Crippen molar-refractivity contribution in [2.75, 3.05) is 5.43 Å². The molecule has 0 radical (unpaired) electrons. The minimum atomic E-state index is -0.522. The quantitative estimate of drug-likeness (QED) is 0.660. The van der Waals surface area contributed by atoms with Crippen LogP contribution < -0.4 is 16.0 Å². The Morgan fingerprint density at radius 3 is 2.94 bits per heavy atom. The molecule has 1 heterocycles. The van der Waals surface area contributed by atoms with Crippen LogP contribution in [0.2, 0.25) is 5.02 Å². The molecule has 8 heteroatoms. The highest BCUT2D eigenvalue weighted by Crippen LogP contribution is 2.22. The minimum absolute atomic E-state index is 0.0582. The van der Waals surface area contributed by atoms with Gasteiger partial charge in [-0.05, 0) is 12.1 Å². The van der Waals surface area contributed by atoms with Crippen LogP contribution in [0.25, 0.3) is 0 Å². The average molecular weight is 275 g/mol. The lowest BCUT2D eigenvalue weighted by Crippen LogP contribution is -2.05. The van der Waals surface area contributed by atoms with Crippen molar-refractivity contribution in [1.82, 2.24) is 10.2 Å². The summed E-state index contributed by atoms with van der Waals surface area (Å²) < 4.78 is 18.4. The number of nitrogens with one attached hydrogen (secondary N) is 1. The molecule has 0 aliphatic carbocycles. The molecule has 0 amide bonds. The Labute approximate surface area is 105 Å². The third-order valence-corrected chi connectivity index (χ3v) is 2.98. The standard InChI is InChI=1S/C9H8ClFN4OS/c10-6-2-1-5(3-7(6)11)16-4-8-14-15-9(13-12)17-8/h1-3H,4,12H2,(H,13,15). The van der Waals surface area contributed by atoms with Gasteiger partial charge in [0.1, 0.15) is 18.2 Å². The number of nitrogens with zero attached hydrogens (tertiary/aromatic N) is 2. The number of hydrogen-bond acceptors (Lipinski definition) is 6. The molecule has 0 unspecified atom stereocenters. The molecule has 0 aliphatic rings. The normalized spacial score (nSPS) is 10.3. The molecule has 0 aliphatic heterocycles. The summed E-state index contributed by atoms with van der Waals surface area (Å²) in [6.07, 6.45) is 0. The number of anilines is 1. The summed E-state index contributed by atoms with van der Waals surface area (Å²) in [6.45, 7) is 0.195. The van der Waals surface area contributed by atoms with Crippen molar-refractivity contribution in [1.29, 1.82) is 0 Å². The van der Waals surface area contributed by atoms with E-state index in [2.05, 4.69) is 15.6 Å². The first-order valence-electron chi connectivity index (χ1n) is 4.56. The van der Waals surface area contributed by atoms with E-state index in [1.165, 1.54) is 23.5 Å². The zero-order valence-electron chi connectivity index (χ0n) is 8.48. The van der Waals surface area contributed by atoms with E-state index in [0.29, 0.717) is 15.9 Å². The van der Waals surface area contributed by atoms with Gasteiger partial charge in [-0.15, -0.1) is 10.2 Å². The molecular weight excluding hydrogens is 267 g/mol. The number of halogens is 2. The first-order chi connectivity index (χ1) is 8.19. The number of nitrogens with two attached hydrogens (primary N) is 1. The summed E-state index contributed by atoms with van der Waals surface area (Å²) in [4.78, 5) is 0. The highest BCUT2D eigenvalue weighted by atomic mass is 35.5. The monoisotopic (exact) mass is 274 g/mol. The molecule has 0 saturated carbocycles. The molecule has 1 aromatic heterocycles. The lowest BCUT2D eigenvalue weighted by atomic mass is 10.3. The fourth-order valence-electron chi connectivity index (χ4n) is 1.08. The van der Waals surface area contributed by atoms with Crippen LogP contribution in [-0.2, 0) is 6.61 Å². The number of rotatable bonds is 4. The maximum atomic E-state index is 13.1. The molecular formula is C9H8ClFN4OS. The Bertz CT molecular complexity index is 521. The van der Waals surface area contributed by atoms with E-state index in [0.717, 1.165) is 0 Å². The lowest BCUT2D eigenvalue weighted by molar-refractivity contribution is 0.303. The third kappa shape index (κ3) is 3.02. The zero-order valence-corrected chi connectivity index (χ0v) is 10.1. The Hall–Kier alpha value is -1.44. The van der Waals surface area contributed by atoms with Crippen molar-refractivity contribution < 1.29 is 9.13 Å². The van der Waals surface area contributed by atoms with Crippen molar-refractivity contribution in [3.63, 3.8) is 0 Å². The molecule has 0 spiro atoms. The van der Waals surface area contributed by atoms with Crippen LogP contribution in [0.15, 0.2) is 18.2 Å². The number of hydrazine groups is 1. The smallest absolute Gasteiger partial charge is 0.219 e. The second kappa shape index (κ2) is 5.26. The molecule has 0 saturated heterocycles. The Balaban J connectivity index is 1.99. The summed E-state index contributed by atoms with van der Waals surface area (Å²) in [6, 6.07) is 4.22. The molecule has 0 fully saturated rings. The summed E-state index contributed by atoms with van der Waals surface area (Å²) >= 11 is 6.80. The number of aromatic nitrogens is 2. The van der Waals surface area contributed by atoms with Crippen LogP contribution in [0.1, 0.15) is 5.01 Å². The molecule has 0 bridgehead atoms. The summed E-state index contributed by atoms with van der Waals surface area (Å²) in [7, 11) is 0. The predicted molar refractivity (Wildman–Crippen MR) is 63.5 cm³/mol. The number of benzene rings is 1. The van der Waals surface area contributed by atoms with E-state index in [1.807, 2.05) is 0 Å². The van der Waals surface area contributed by atoms with Gasteiger partial charge in [-0.2, -0.15) is 0 Å². The minimum Gasteiger partial charge on any atom is -0.486 e. The molecule has 3 N–H and O–H groups in total. The van der Waals surface area contributed by atoms with Gasteiger partial charge < -0.3 is 4.74 Å². The second-order valence-corrected chi connectivity index (χ2v) is 4.48. The van der Waals surface area contributed by atoms with Crippen molar-refractivity contribution >= 4 is 28.1 Å². The van der Waals surface area contributed by atoms with Crippen LogP contribution >= 0.6 is 22.9 Å². The van der Waals surface area contributed by atoms with Gasteiger partial charge in [0.2, 0.25) is 5.13 Å². The summed E-state index contributed by atoms with van der Waals surface area (Å²) in [5.41, 5.74) is 2.37. The van der Waals surface area contributed by atoms with Crippen molar-refractivity contribution in [3.05, 3.63) is 34.0 Å². The van der Waals surface area contributed by atoms with Gasteiger partial charge in [0.05, 0.1) is 5.02 Å². The van der Waals surface area contributed by atoms with Gasteiger partial charge in [0.25, 0.3) is 0 Å². The molecule has 17 heavy (non-hydrogen) atoms. The van der Waals surface area contributed by atoms with Crippen LogP contribution in [0.4, 0.5) is 9.52 Å². The number of nitrogen functional groups attached to an aromatic ring is 1. The molecule has 90 valence electrons. The van der Waals surface area contributed by atoms with Crippen LogP contribution in [0.3, 0.4) is 0 Å². The maximum Gasteiger partial charge on any atom is 0.219 e. The predicted octanol–water partition coefficient (Wildman–Crippen LogP) is 2.20. The van der Waals surface area contributed by atoms with Crippen LogP contribution in [0.5, 0.6) is 5.75 Å². The van der Waals surface area contributed by atoms with Gasteiger partial charge in [0, 0.05) is 6.07 Å². The van der Waals surface area contributed by atoms with E-state index < -0.39 is 5.82 Å². The van der Waals surface area contributed by atoms with Gasteiger partial charge in [-0.3, -0.25) is 5.43 Å². The van der Waals surface area contributed by atoms with Gasteiger partial charge in [-0.1, -0.05) is 22.9 Å². The van der Waals surface area contributed by atoms with E-state index in [4.69, 9.17) is 22.2 Å². The first-order valence-corrected chi connectivity index (χ1v) is 5.75. The lowest BCUT2D eigenvalue weighted by Gasteiger charge is -2.03. The van der Waals surface area contributed by atoms with E-state index >= 15 is 0 Å². The highest BCUT2D eigenvalue weighted by Gasteiger charge is 2.05. The Morgan fingerprint density at radius 1 is 1.47 bits per heavy atom. The number of ether oxygens (including phenoxy) is 1. The van der Waals surface area contributed by atoms with E-state index in [-0.39, 0.29) is 11.6 Å². The van der Waals surface area contributed by atoms with Gasteiger partial charge in [-0.25, -0.2) is 10.2 Å². The molecule has 1 aromatic carbocycles. The summed E-state index contributed by atoms with van der Waals surface area (Å²) in [5.74, 6) is 5.02. The van der Waals surface area contributed by atoms with E-state index in [1.54, 1.807) is 6.07 Å². The third-order valence-electron chi connectivity index (χ3n) is 1.84. The molecule has 2 aromatic rings. The first kappa shape index (κ1) is 12.0. The maximum absolute atomic E-state index is 13.1. The van der Waals surface area contributed by atoms with Crippen molar-refractivity contribution in [2.24, 2.45) is 5.84 Å². The van der Waals surface area contributed by atoms with E-state index in [9.17, 15) is 4.39 Å². The largest absolute Gasteiger partial charge is 0.486 e. The van der Waals surface area contributed by atoms with Crippen LogP contribution in [0, 0.1) is 5.82 Å². The zero-order chi connectivity index (χ0) is 12.3. The fourth-order valence-corrected chi connectivity index (χ4v) is 1.76.